The van der Waals surface area contributed by atoms with Crippen molar-refractivity contribution in [3.8, 4) is 0 Å². The molecule has 0 amide bonds. The molecule has 4 rings (SSSR count). The molecule has 0 radical (unpaired) electrons. The molecule has 0 bridgehead atoms. The Morgan fingerprint density at radius 1 is 1.29 bits per heavy atom. The molecule has 2 N–H and O–H groups in total. The number of quaternary nitrogens is 1. The molecule has 2 aromatic heterocycles. The molecule has 3 heterocycles. The number of ether oxygens (including phenoxy) is 2. The Bertz CT molecular complexity index is 842. The fourth-order valence-electron chi connectivity index (χ4n) is 4.08. The standard InChI is InChI=1S/C20H28N4O3S/c1-3-27-20(25)17-13(2)16-18(21-14-6-4-5-7-14)22-15(23-19(16)28-17)12-24-8-10-26-11-9-24/h14H,3-12H2,1-2H3,(H,21,22,23)/p+1. The van der Waals surface area contributed by atoms with Crippen LogP contribution >= 0.6 is 11.3 Å². The van der Waals surface area contributed by atoms with Gasteiger partial charge in [0.1, 0.15) is 35.2 Å². The summed E-state index contributed by atoms with van der Waals surface area (Å²) >= 11 is 1.42. The molecule has 28 heavy (non-hydrogen) atoms. The van der Waals surface area contributed by atoms with Crippen LogP contribution in [0.1, 0.15) is 53.7 Å². The van der Waals surface area contributed by atoms with Gasteiger partial charge in [0, 0.05) is 6.04 Å². The Kier molecular flexibility index (Phi) is 6.08. The van der Waals surface area contributed by atoms with Gasteiger partial charge >= 0.3 is 5.97 Å². The monoisotopic (exact) mass is 405 g/mol. The summed E-state index contributed by atoms with van der Waals surface area (Å²) in [6, 6.07) is 0.451. The van der Waals surface area contributed by atoms with Gasteiger partial charge in [0.25, 0.3) is 0 Å². The highest BCUT2D eigenvalue weighted by atomic mass is 32.1. The van der Waals surface area contributed by atoms with Crippen molar-refractivity contribution in [2.24, 2.45) is 0 Å². The van der Waals surface area contributed by atoms with E-state index in [4.69, 9.17) is 19.4 Å². The molecule has 0 spiro atoms. The van der Waals surface area contributed by atoms with Crippen LogP contribution in [-0.2, 0) is 16.0 Å². The lowest BCUT2D eigenvalue weighted by Crippen LogP contribution is -3.12. The number of esters is 1. The normalized spacial score (nSPS) is 18.6. The molecular weight excluding hydrogens is 376 g/mol. The number of nitrogens with zero attached hydrogens (tertiary/aromatic N) is 2. The Morgan fingerprint density at radius 3 is 2.75 bits per heavy atom. The molecule has 152 valence electrons. The first-order chi connectivity index (χ1) is 13.7. The molecule has 0 aromatic carbocycles. The Labute approximate surface area is 169 Å². The summed E-state index contributed by atoms with van der Waals surface area (Å²) in [5, 5.41) is 4.63. The van der Waals surface area contributed by atoms with Crippen LogP contribution in [0.5, 0.6) is 0 Å². The molecule has 1 aliphatic heterocycles. The molecule has 1 saturated heterocycles. The molecule has 2 aliphatic rings. The van der Waals surface area contributed by atoms with E-state index in [2.05, 4.69) is 5.32 Å². The van der Waals surface area contributed by atoms with E-state index in [1.54, 1.807) is 0 Å². The largest absolute Gasteiger partial charge is 0.462 e. The fourth-order valence-corrected chi connectivity index (χ4v) is 5.18. The summed E-state index contributed by atoms with van der Waals surface area (Å²) in [6.45, 7) is 8.49. The first-order valence-corrected chi connectivity index (χ1v) is 11.1. The predicted octanol–water partition coefficient (Wildman–Crippen LogP) is 1.95. The highest BCUT2D eigenvalue weighted by molar-refractivity contribution is 7.20. The fraction of sp³-hybridized carbons (Fsp3) is 0.650. The van der Waals surface area contributed by atoms with Gasteiger partial charge in [-0.25, -0.2) is 14.8 Å². The van der Waals surface area contributed by atoms with Crippen molar-refractivity contribution in [2.75, 3.05) is 38.2 Å². The first-order valence-electron chi connectivity index (χ1n) is 10.3. The third-order valence-corrected chi connectivity index (χ3v) is 6.77. The summed E-state index contributed by atoms with van der Waals surface area (Å²) in [4.78, 5) is 25.1. The average Bonchev–Trinajstić information content (AvgIpc) is 3.31. The van der Waals surface area contributed by atoms with Gasteiger partial charge in [-0.05, 0) is 32.3 Å². The van der Waals surface area contributed by atoms with Crippen LogP contribution in [0.15, 0.2) is 0 Å². The number of nitrogens with one attached hydrogen (secondary N) is 2. The lowest BCUT2D eigenvalue weighted by molar-refractivity contribution is -0.922. The lowest BCUT2D eigenvalue weighted by Gasteiger charge is -2.23. The van der Waals surface area contributed by atoms with Gasteiger partial charge in [-0.2, -0.15) is 0 Å². The second-order valence-corrected chi connectivity index (χ2v) is 8.61. The summed E-state index contributed by atoms with van der Waals surface area (Å²) < 4.78 is 10.7. The highest BCUT2D eigenvalue weighted by Crippen LogP contribution is 2.35. The van der Waals surface area contributed by atoms with E-state index in [-0.39, 0.29) is 5.97 Å². The summed E-state index contributed by atoms with van der Waals surface area (Å²) in [7, 11) is 0. The molecule has 8 heteroatoms. The van der Waals surface area contributed by atoms with Crippen molar-refractivity contribution in [3.05, 3.63) is 16.3 Å². The van der Waals surface area contributed by atoms with Crippen LogP contribution in [-0.4, -0.2) is 54.9 Å². The Morgan fingerprint density at radius 2 is 2.04 bits per heavy atom. The van der Waals surface area contributed by atoms with E-state index >= 15 is 0 Å². The molecular formula is C20H29N4O3S+. The van der Waals surface area contributed by atoms with E-state index in [1.807, 2.05) is 13.8 Å². The second kappa shape index (κ2) is 8.71. The zero-order valence-corrected chi connectivity index (χ0v) is 17.5. The summed E-state index contributed by atoms with van der Waals surface area (Å²) in [5.74, 6) is 1.44. The molecule has 1 aliphatic carbocycles. The smallest absolute Gasteiger partial charge is 0.348 e. The van der Waals surface area contributed by atoms with Gasteiger partial charge in [0.05, 0.1) is 25.2 Å². The van der Waals surface area contributed by atoms with Crippen LogP contribution in [0, 0.1) is 6.92 Å². The van der Waals surface area contributed by atoms with E-state index in [0.29, 0.717) is 17.5 Å². The van der Waals surface area contributed by atoms with Crippen molar-refractivity contribution in [1.29, 1.82) is 0 Å². The molecule has 2 fully saturated rings. The molecule has 0 atom stereocenters. The van der Waals surface area contributed by atoms with Gasteiger partial charge in [-0.3, -0.25) is 0 Å². The minimum absolute atomic E-state index is 0.268. The third kappa shape index (κ3) is 4.14. The minimum Gasteiger partial charge on any atom is -0.462 e. The quantitative estimate of drug-likeness (QED) is 0.716. The number of carbonyl (C=O) groups excluding carboxylic acids is 1. The maximum absolute atomic E-state index is 12.4. The van der Waals surface area contributed by atoms with E-state index in [1.165, 1.54) is 41.9 Å². The number of fused-ring (bicyclic) bond motifs is 1. The van der Waals surface area contributed by atoms with Crippen molar-refractivity contribution < 1.29 is 19.2 Å². The summed E-state index contributed by atoms with van der Waals surface area (Å²) in [6.07, 6.45) is 4.85. The van der Waals surface area contributed by atoms with Gasteiger partial charge in [0.2, 0.25) is 0 Å². The van der Waals surface area contributed by atoms with Crippen LogP contribution < -0.4 is 10.2 Å². The molecule has 2 aromatic rings. The zero-order valence-electron chi connectivity index (χ0n) is 16.7. The molecule has 0 unspecified atom stereocenters. The van der Waals surface area contributed by atoms with Crippen LogP contribution in [0.3, 0.4) is 0 Å². The predicted molar refractivity (Wildman–Crippen MR) is 109 cm³/mol. The number of rotatable bonds is 6. The number of aryl methyl sites for hydroxylation is 1. The number of thiophene rings is 1. The molecule has 7 nitrogen and oxygen atoms in total. The van der Waals surface area contributed by atoms with E-state index < -0.39 is 0 Å². The summed E-state index contributed by atoms with van der Waals surface area (Å²) in [5.41, 5.74) is 0.921. The lowest BCUT2D eigenvalue weighted by atomic mass is 10.2. The number of anilines is 1. The highest BCUT2D eigenvalue weighted by Gasteiger charge is 2.25. The number of hydrogen-bond donors (Lipinski definition) is 2. The van der Waals surface area contributed by atoms with Gasteiger partial charge in [0.15, 0.2) is 5.82 Å². The van der Waals surface area contributed by atoms with E-state index in [9.17, 15) is 4.79 Å². The number of morpholine rings is 1. The average molecular weight is 406 g/mol. The number of hydrogen-bond acceptors (Lipinski definition) is 7. The van der Waals surface area contributed by atoms with Crippen LogP contribution in [0.2, 0.25) is 0 Å². The first kappa shape index (κ1) is 19.5. The number of carbonyl (C=O) groups is 1. The number of aromatic nitrogens is 2. The third-order valence-electron chi connectivity index (χ3n) is 5.60. The minimum atomic E-state index is -0.268. The maximum Gasteiger partial charge on any atom is 0.348 e. The molecule has 1 saturated carbocycles. The van der Waals surface area contributed by atoms with E-state index in [0.717, 1.165) is 60.3 Å². The van der Waals surface area contributed by atoms with Crippen molar-refractivity contribution in [3.63, 3.8) is 0 Å². The van der Waals surface area contributed by atoms with Crippen molar-refractivity contribution in [2.45, 2.75) is 52.1 Å². The van der Waals surface area contributed by atoms with Gasteiger partial charge in [-0.15, -0.1) is 11.3 Å². The zero-order chi connectivity index (χ0) is 19.5. The maximum atomic E-state index is 12.4. The van der Waals surface area contributed by atoms with Crippen LogP contribution in [0.4, 0.5) is 5.82 Å². The van der Waals surface area contributed by atoms with Crippen LogP contribution in [0.25, 0.3) is 10.2 Å². The van der Waals surface area contributed by atoms with Gasteiger partial charge in [-0.1, -0.05) is 12.8 Å². The van der Waals surface area contributed by atoms with Crippen molar-refractivity contribution >= 4 is 33.3 Å². The SMILES string of the molecule is CCOC(=O)c1sc2nc(C[NH+]3CCOCC3)nc(NC3CCCC3)c2c1C. The Balaban J connectivity index is 1.70. The topological polar surface area (TPSA) is 77.8 Å². The second-order valence-electron chi connectivity index (χ2n) is 7.61. The van der Waals surface area contributed by atoms with Gasteiger partial charge < -0.3 is 19.7 Å². The Hall–Kier alpha value is -1.77. The van der Waals surface area contributed by atoms with Crippen molar-refractivity contribution in [1.82, 2.24) is 9.97 Å².